The van der Waals surface area contributed by atoms with E-state index in [2.05, 4.69) is 19.2 Å². The highest BCUT2D eigenvalue weighted by molar-refractivity contribution is 5.39. The average Bonchev–Trinajstić information content (AvgIpc) is 2.82. The van der Waals surface area contributed by atoms with Crippen molar-refractivity contribution >= 4 is 0 Å². The Morgan fingerprint density at radius 3 is 2.65 bits per heavy atom. The highest BCUT2D eigenvalue weighted by Gasteiger charge is 2.40. The molecule has 0 amide bonds. The van der Waals surface area contributed by atoms with Crippen LogP contribution in [0.3, 0.4) is 0 Å². The SMILES string of the molecule is COc1ccccc1OC1CCC(CO)(NC(C)C)C1. The molecule has 2 rings (SSSR count). The van der Waals surface area contributed by atoms with Gasteiger partial charge in [-0.1, -0.05) is 26.0 Å². The maximum absolute atomic E-state index is 9.71. The van der Waals surface area contributed by atoms with Crippen LogP contribution in [0.4, 0.5) is 0 Å². The largest absolute Gasteiger partial charge is 0.493 e. The van der Waals surface area contributed by atoms with Gasteiger partial charge in [0, 0.05) is 18.0 Å². The summed E-state index contributed by atoms with van der Waals surface area (Å²) in [5.41, 5.74) is -0.207. The molecule has 1 aliphatic rings. The highest BCUT2D eigenvalue weighted by Crippen LogP contribution is 2.35. The van der Waals surface area contributed by atoms with Crippen molar-refractivity contribution in [3.63, 3.8) is 0 Å². The Bertz CT molecular complexity index is 435. The second-order valence-corrected chi connectivity index (χ2v) is 5.87. The van der Waals surface area contributed by atoms with Gasteiger partial charge in [-0.3, -0.25) is 0 Å². The summed E-state index contributed by atoms with van der Waals surface area (Å²) in [7, 11) is 1.65. The summed E-state index contributed by atoms with van der Waals surface area (Å²) in [5.74, 6) is 1.53. The summed E-state index contributed by atoms with van der Waals surface area (Å²) in [4.78, 5) is 0. The second kappa shape index (κ2) is 6.46. The lowest BCUT2D eigenvalue weighted by molar-refractivity contribution is 0.132. The molecule has 4 nitrogen and oxygen atoms in total. The number of aliphatic hydroxyl groups is 1. The molecule has 1 saturated carbocycles. The van der Waals surface area contributed by atoms with Crippen LogP contribution in [-0.2, 0) is 0 Å². The van der Waals surface area contributed by atoms with Crippen molar-refractivity contribution in [2.75, 3.05) is 13.7 Å². The van der Waals surface area contributed by atoms with Crippen LogP contribution < -0.4 is 14.8 Å². The third-order valence-electron chi connectivity index (χ3n) is 3.82. The number of hydrogen-bond donors (Lipinski definition) is 2. The number of aliphatic hydroxyl groups excluding tert-OH is 1. The molecule has 4 heteroatoms. The fourth-order valence-corrected chi connectivity index (χ4v) is 3.01. The Kier molecular flexibility index (Phi) is 4.89. The summed E-state index contributed by atoms with van der Waals surface area (Å²) >= 11 is 0. The molecule has 2 N–H and O–H groups in total. The van der Waals surface area contributed by atoms with E-state index in [-0.39, 0.29) is 18.2 Å². The lowest BCUT2D eigenvalue weighted by atomic mass is 9.97. The van der Waals surface area contributed by atoms with Crippen molar-refractivity contribution in [2.45, 2.75) is 50.8 Å². The Morgan fingerprint density at radius 1 is 1.35 bits per heavy atom. The minimum Gasteiger partial charge on any atom is -0.493 e. The van der Waals surface area contributed by atoms with Gasteiger partial charge in [-0.05, 0) is 25.0 Å². The van der Waals surface area contributed by atoms with Crippen molar-refractivity contribution in [3.05, 3.63) is 24.3 Å². The first kappa shape index (κ1) is 15.1. The first-order valence-corrected chi connectivity index (χ1v) is 7.27. The van der Waals surface area contributed by atoms with Gasteiger partial charge in [0.05, 0.1) is 13.7 Å². The molecule has 0 aliphatic heterocycles. The Morgan fingerprint density at radius 2 is 2.05 bits per heavy atom. The van der Waals surface area contributed by atoms with Crippen LogP contribution in [-0.4, -0.2) is 36.5 Å². The molecule has 20 heavy (non-hydrogen) atoms. The fraction of sp³-hybridized carbons (Fsp3) is 0.625. The van der Waals surface area contributed by atoms with Gasteiger partial charge in [-0.25, -0.2) is 0 Å². The van der Waals surface area contributed by atoms with Gasteiger partial charge >= 0.3 is 0 Å². The molecule has 0 spiro atoms. The van der Waals surface area contributed by atoms with E-state index in [1.54, 1.807) is 7.11 Å². The van der Waals surface area contributed by atoms with E-state index in [4.69, 9.17) is 9.47 Å². The third-order valence-corrected chi connectivity index (χ3v) is 3.82. The van der Waals surface area contributed by atoms with Crippen LogP contribution in [0.1, 0.15) is 33.1 Å². The fourth-order valence-electron chi connectivity index (χ4n) is 3.01. The summed E-state index contributed by atoms with van der Waals surface area (Å²) in [6.45, 7) is 4.36. The summed E-state index contributed by atoms with van der Waals surface area (Å²) in [6, 6.07) is 8.05. The van der Waals surface area contributed by atoms with Crippen LogP contribution >= 0.6 is 0 Å². The van der Waals surface area contributed by atoms with E-state index in [1.807, 2.05) is 24.3 Å². The van der Waals surface area contributed by atoms with E-state index in [0.717, 1.165) is 30.8 Å². The zero-order chi connectivity index (χ0) is 14.6. The second-order valence-electron chi connectivity index (χ2n) is 5.87. The van der Waals surface area contributed by atoms with Gasteiger partial charge < -0.3 is 19.9 Å². The van der Waals surface area contributed by atoms with Crippen molar-refractivity contribution in [1.82, 2.24) is 5.32 Å². The Labute approximate surface area is 121 Å². The van der Waals surface area contributed by atoms with Gasteiger partial charge in [0.25, 0.3) is 0 Å². The maximum atomic E-state index is 9.71. The molecule has 0 bridgehead atoms. The van der Waals surface area contributed by atoms with Gasteiger partial charge in [-0.2, -0.15) is 0 Å². The van der Waals surface area contributed by atoms with Gasteiger partial charge in [-0.15, -0.1) is 0 Å². The molecule has 0 heterocycles. The molecule has 1 aliphatic carbocycles. The minimum atomic E-state index is -0.207. The zero-order valence-corrected chi connectivity index (χ0v) is 12.6. The molecular formula is C16H25NO3. The normalized spacial score (nSPS) is 25.9. The molecule has 1 fully saturated rings. The van der Waals surface area contributed by atoms with Crippen LogP contribution in [0, 0.1) is 0 Å². The van der Waals surface area contributed by atoms with Gasteiger partial charge in [0.1, 0.15) is 6.10 Å². The van der Waals surface area contributed by atoms with Crippen molar-refractivity contribution < 1.29 is 14.6 Å². The number of hydrogen-bond acceptors (Lipinski definition) is 4. The number of rotatable bonds is 6. The molecule has 0 saturated heterocycles. The smallest absolute Gasteiger partial charge is 0.161 e. The topological polar surface area (TPSA) is 50.7 Å². The number of nitrogens with one attached hydrogen (secondary N) is 1. The Balaban J connectivity index is 2.02. The summed E-state index contributed by atoms with van der Waals surface area (Å²) < 4.78 is 11.4. The van der Waals surface area contributed by atoms with Crippen LogP contribution in [0.15, 0.2) is 24.3 Å². The number of para-hydroxylation sites is 2. The van der Waals surface area contributed by atoms with E-state index >= 15 is 0 Å². The van der Waals surface area contributed by atoms with E-state index in [1.165, 1.54) is 0 Å². The van der Waals surface area contributed by atoms with Gasteiger partial charge in [0.15, 0.2) is 11.5 Å². The first-order valence-electron chi connectivity index (χ1n) is 7.27. The maximum Gasteiger partial charge on any atom is 0.161 e. The number of benzene rings is 1. The van der Waals surface area contributed by atoms with Crippen molar-refractivity contribution in [2.24, 2.45) is 0 Å². The van der Waals surface area contributed by atoms with Crippen LogP contribution in [0.2, 0.25) is 0 Å². The monoisotopic (exact) mass is 279 g/mol. The number of ether oxygens (including phenoxy) is 2. The zero-order valence-electron chi connectivity index (χ0n) is 12.6. The average molecular weight is 279 g/mol. The Hall–Kier alpha value is -1.26. The molecule has 2 atom stereocenters. The number of methoxy groups -OCH3 is 1. The molecular weight excluding hydrogens is 254 g/mol. The van der Waals surface area contributed by atoms with E-state index in [9.17, 15) is 5.11 Å². The molecule has 1 aromatic rings. The molecule has 2 unspecified atom stereocenters. The first-order chi connectivity index (χ1) is 9.58. The van der Waals surface area contributed by atoms with Crippen molar-refractivity contribution in [1.29, 1.82) is 0 Å². The van der Waals surface area contributed by atoms with Crippen molar-refractivity contribution in [3.8, 4) is 11.5 Å². The molecule has 112 valence electrons. The quantitative estimate of drug-likeness (QED) is 0.839. The predicted molar refractivity (Wildman–Crippen MR) is 79.3 cm³/mol. The standard InChI is InChI=1S/C16H25NO3/c1-12(2)17-16(11-18)9-8-13(10-16)20-15-7-5-4-6-14(15)19-3/h4-7,12-13,17-18H,8-11H2,1-3H3. The minimum absolute atomic E-state index is 0.115. The summed E-state index contributed by atoms with van der Waals surface area (Å²) in [5, 5.41) is 13.2. The molecule has 0 radical (unpaired) electrons. The van der Waals surface area contributed by atoms with Crippen LogP contribution in [0.5, 0.6) is 11.5 Å². The van der Waals surface area contributed by atoms with E-state index < -0.39 is 0 Å². The molecule has 0 aromatic heterocycles. The lowest BCUT2D eigenvalue weighted by Gasteiger charge is -2.31. The van der Waals surface area contributed by atoms with Crippen LogP contribution in [0.25, 0.3) is 0 Å². The van der Waals surface area contributed by atoms with Gasteiger partial charge in [0.2, 0.25) is 0 Å². The third kappa shape index (κ3) is 3.44. The highest BCUT2D eigenvalue weighted by atomic mass is 16.5. The molecule has 1 aromatic carbocycles. The lowest BCUT2D eigenvalue weighted by Crippen LogP contribution is -2.50. The summed E-state index contributed by atoms with van der Waals surface area (Å²) in [6.07, 6.45) is 2.81. The predicted octanol–water partition coefficient (Wildman–Crippen LogP) is 2.36. The van der Waals surface area contributed by atoms with E-state index in [0.29, 0.717) is 6.04 Å².